The lowest BCUT2D eigenvalue weighted by atomic mass is 9.94. The number of rotatable bonds is 8. The molecule has 0 saturated carbocycles. The summed E-state index contributed by atoms with van der Waals surface area (Å²) in [6.07, 6.45) is 8.38. The van der Waals surface area contributed by atoms with Gasteiger partial charge in [-0.2, -0.15) is 9.61 Å². The Kier molecular flexibility index (Phi) is 5.86. The molecule has 0 bridgehead atoms. The van der Waals surface area contributed by atoms with Gasteiger partial charge in [-0.05, 0) is 38.3 Å². The van der Waals surface area contributed by atoms with Crippen LogP contribution < -0.4 is 5.32 Å². The van der Waals surface area contributed by atoms with E-state index < -0.39 is 0 Å². The third-order valence-electron chi connectivity index (χ3n) is 4.97. The number of hydrogen-bond acceptors (Lipinski definition) is 4. The van der Waals surface area contributed by atoms with Gasteiger partial charge in [0.2, 0.25) is 0 Å². The van der Waals surface area contributed by atoms with E-state index in [4.69, 9.17) is 10.1 Å². The molecule has 5 heteroatoms. The zero-order valence-electron chi connectivity index (χ0n) is 16.3. The second kappa shape index (κ2) is 8.30. The minimum atomic E-state index is 0.503. The Balaban J connectivity index is 2.00. The summed E-state index contributed by atoms with van der Waals surface area (Å²) in [5, 5.41) is 8.24. The quantitative estimate of drug-likeness (QED) is 0.618. The van der Waals surface area contributed by atoms with Crippen LogP contribution in [0.1, 0.15) is 68.0 Å². The fourth-order valence-electron chi connectivity index (χ4n) is 3.42. The lowest BCUT2D eigenvalue weighted by Gasteiger charge is -2.17. The molecule has 0 amide bonds. The molecule has 0 spiro atoms. The first-order valence-electron chi connectivity index (χ1n) is 9.63. The van der Waals surface area contributed by atoms with Gasteiger partial charge in [-0.3, -0.25) is 4.98 Å². The van der Waals surface area contributed by atoms with E-state index >= 15 is 0 Å². The van der Waals surface area contributed by atoms with Crippen LogP contribution in [0.4, 0.5) is 5.82 Å². The van der Waals surface area contributed by atoms with Crippen molar-refractivity contribution in [3.8, 4) is 0 Å². The molecule has 3 heterocycles. The van der Waals surface area contributed by atoms with Crippen LogP contribution in [0.5, 0.6) is 0 Å². The van der Waals surface area contributed by atoms with Gasteiger partial charge in [0, 0.05) is 42.2 Å². The number of anilines is 1. The third kappa shape index (κ3) is 3.87. The highest BCUT2D eigenvalue weighted by atomic mass is 15.3. The van der Waals surface area contributed by atoms with Crippen molar-refractivity contribution >= 4 is 11.5 Å². The first-order chi connectivity index (χ1) is 12.6. The average molecular weight is 351 g/mol. The standard InChI is InChI=1S/C21H29N5/c1-5-8-18(9-6-2)19-12-20(23-14-17-10-7-11-22-13-17)26-21(24-19)15(3)16(4)25-26/h7,10-13,18,23H,5-6,8-9,14H2,1-4H3. The van der Waals surface area contributed by atoms with Crippen LogP contribution in [-0.2, 0) is 6.54 Å². The zero-order chi connectivity index (χ0) is 18.5. The fourth-order valence-corrected chi connectivity index (χ4v) is 3.42. The average Bonchev–Trinajstić information content (AvgIpc) is 2.95. The lowest BCUT2D eigenvalue weighted by Crippen LogP contribution is -2.10. The Morgan fingerprint density at radius 3 is 2.58 bits per heavy atom. The molecule has 0 radical (unpaired) electrons. The van der Waals surface area contributed by atoms with E-state index in [1.54, 1.807) is 6.20 Å². The second-order valence-electron chi connectivity index (χ2n) is 7.00. The van der Waals surface area contributed by atoms with Gasteiger partial charge in [0.25, 0.3) is 0 Å². The molecule has 3 aromatic rings. The van der Waals surface area contributed by atoms with Crippen LogP contribution in [0.25, 0.3) is 5.65 Å². The topological polar surface area (TPSA) is 55.1 Å². The summed E-state index contributed by atoms with van der Waals surface area (Å²) in [4.78, 5) is 9.19. The first-order valence-corrected chi connectivity index (χ1v) is 9.63. The maximum Gasteiger partial charge on any atom is 0.160 e. The highest BCUT2D eigenvalue weighted by Crippen LogP contribution is 2.29. The molecule has 0 fully saturated rings. The summed E-state index contributed by atoms with van der Waals surface area (Å²) in [7, 11) is 0. The van der Waals surface area contributed by atoms with E-state index in [2.05, 4.69) is 43.2 Å². The predicted octanol–water partition coefficient (Wildman–Crippen LogP) is 5.04. The van der Waals surface area contributed by atoms with Gasteiger partial charge in [0.15, 0.2) is 5.65 Å². The number of hydrogen-bond donors (Lipinski definition) is 1. The SMILES string of the molecule is CCCC(CCC)c1cc(NCc2cccnc2)n2nc(C)c(C)c2n1. The maximum absolute atomic E-state index is 5.00. The van der Waals surface area contributed by atoms with Crippen molar-refractivity contribution in [2.45, 2.75) is 65.8 Å². The van der Waals surface area contributed by atoms with E-state index in [1.165, 1.54) is 31.4 Å². The summed E-state index contributed by atoms with van der Waals surface area (Å²) in [5.74, 6) is 1.51. The van der Waals surface area contributed by atoms with Gasteiger partial charge in [-0.25, -0.2) is 4.98 Å². The second-order valence-corrected chi connectivity index (χ2v) is 7.00. The smallest absolute Gasteiger partial charge is 0.160 e. The summed E-state index contributed by atoms with van der Waals surface area (Å²) < 4.78 is 1.94. The van der Waals surface area contributed by atoms with Crippen molar-refractivity contribution in [2.24, 2.45) is 0 Å². The zero-order valence-corrected chi connectivity index (χ0v) is 16.3. The molecule has 0 saturated heterocycles. The number of nitrogens with one attached hydrogen (secondary N) is 1. The summed E-state index contributed by atoms with van der Waals surface area (Å²) in [5.41, 5.74) is 5.48. The Morgan fingerprint density at radius 1 is 1.15 bits per heavy atom. The van der Waals surface area contributed by atoms with Crippen molar-refractivity contribution in [1.82, 2.24) is 19.6 Å². The minimum absolute atomic E-state index is 0.503. The molecule has 5 nitrogen and oxygen atoms in total. The van der Waals surface area contributed by atoms with Gasteiger partial charge < -0.3 is 5.32 Å². The van der Waals surface area contributed by atoms with E-state index in [-0.39, 0.29) is 0 Å². The van der Waals surface area contributed by atoms with Gasteiger partial charge in [-0.1, -0.05) is 32.8 Å². The lowest BCUT2D eigenvalue weighted by molar-refractivity contribution is 0.548. The van der Waals surface area contributed by atoms with Crippen LogP contribution >= 0.6 is 0 Å². The molecule has 0 aliphatic rings. The molecular formula is C21H29N5. The Morgan fingerprint density at radius 2 is 1.92 bits per heavy atom. The van der Waals surface area contributed by atoms with E-state index in [1.807, 2.05) is 23.7 Å². The maximum atomic E-state index is 5.00. The molecule has 3 rings (SSSR count). The number of aromatic nitrogens is 4. The summed E-state index contributed by atoms with van der Waals surface area (Å²) in [6.45, 7) is 9.36. The van der Waals surface area contributed by atoms with Gasteiger partial charge in [0.05, 0.1) is 5.69 Å². The first kappa shape index (κ1) is 18.4. The fraction of sp³-hybridized carbons (Fsp3) is 0.476. The number of nitrogens with zero attached hydrogens (tertiary/aromatic N) is 4. The Labute approximate surface area is 155 Å². The van der Waals surface area contributed by atoms with Gasteiger partial charge in [0.1, 0.15) is 5.82 Å². The highest BCUT2D eigenvalue weighted by Gasteiger charge is 2.17. The monoisotopic (exact) mass is 351 g/mol. The number of fused-ring (bicyclic) bond motifs is 1. The molecule has 0 unspecified atom stereocenters. The molecule has 3 aromatic heterocycles. The number of pyridine rings is 1. The van der Waals surface area contributed by atoms with Crippen molar-refractivity contribution in [2.75, 3.05) is 5.32 Å². The Bertz CT molecular complexity index is 848. The van der Waals surface area contributed by atoms with Crippen LogP contribution in [-0.4, -0.2) is 19.6 Å². The molecule has 138 valence electrons. The third-order valence-corrected chi connectivity index (χ3v) is 4.97. The van der Waals surface area contributed by atoms with Crippen LogP contribution in [0, 0.1) is 13.8 Å². The van der Waals surface area contributed by atoms with Crippen molar-refractivity contribution < 1.29 is 0 Å². The summed E-state index contributed by atoms with van der Waals surface area (Å²) >= 11 is 0. The Hall–Kier alpha value is -2.43. The van der Waals surface area contributed by atoms with E-state index in [0.29, 0.717) is 5.92 Å². The van der Waals surface area contributed by atoms with E-state index in [0.717, 1.165) is 34.8 Å². The molecule has 0 aliphatic carbocycles. The molecule has 0 atom stereocenters. The van der Waals surface area contributed by atoms with Crippen molar-refractivity contribution in [1.29, 1.82) is 0 Å². The molecule has 0 aromatic carbocycles. The normalized spacial score (nSPS) is 11.4. The number of aryl methyl sites for hydroxylation is 2. The van der Waals surface area contributed by atoms with Crippen LogP contribution in [0.2, 0.25) is 0 Å². The van der Waals surface area contributed by atoms with Gasteiger partial charge >= 0.3 is 0 Å². The highest BCUT2D eigenvalue weighted by molar-refractivity contribution is 5.56. The molecule has 0 aliphatic heterocycles. The van der Waals surface area contributed by atoms with Crippen molar-refractivity contribution in [3.05, 3.63) is 53.1 Å². The van der Waals surface area contributed by atoms with E-state index in [9.17, 15) is 0 Å². The van der Waals surface area contributed by atoms with Gasteiger partial charge in [-0.15, -0.1) is 0 Å². The molecular weight excluding hydrogens is 322 g/mol. The largest absolute Gasteiger partial charge is 0.366 e. The van der Waals surface area contributed by atoms with Crippen LogP contribution in [0.3, 0.4) is 0 Å². The van der Waals surface area contributed by atoms with Crippen LogP contribution in [0.15, 0.2) is 30.6 Å². The predicted molar refractivity (Wildman–Crippen MR) is 107 cm³/mol. The molecule has 1 N–H and O–H groups in total. The minimum Gasteiger partial charge on any atom is -0.366 e. The summed E-state index contributed by atoms with van der Waals surface area (Å²) in [6, 6.07) is 6.23. The molecule has 26 heavy (non-hydrogen) atoms. The van der Waals surface area contributed by atoms with Crippen molar-refractivity contribution in [3.63, 3.8) is 0 Å².